The summed E-state index contributed by atoms with van der Waals surface area (Å²) in [5, 5.41) is 20.7. The molecule has 1 aromatic rings. The van der Waals surface area contributed by atoms with Crippen molar-refractivity contribution in [3.8, 4) is 6.07 Å². The Labute approximate surface area is 165 Å². The van der Waals surface area contributed by atoms with Gasteiger partial charge in [0.2, 0.25) is 5.91 Å². The smallest absolute Gasteiger partial charge is 0.225 e. The summed E-state index contributed by atoms with van der Waals surface area (Å²) in [4.78, 5) is 20.2. The van der Waals surface area contributed by atoms with E-state index in [2.05, 4.69) is 24.9 Å². The normalized spacial score (nSPS) is 33.5. The van der Waals surface area contributed by atoms with Crippen molar-refractivity contribution in [1.82, 2.24) is 9.88 Å². The average Bonchev–Trinajstić information content (AvgIpc) is 2.98. The summed E-state index contributed by atoms with van der Waals surface area (Å²) in [5.41, 5.74) is 6.99. The van der Waals surface area contributed by atoms with Crippen LogP contribution in [0.2, 0.25) is 0 Å². The molecule has 1 amide bonds. The number of nitriles is 1. The molecule has 1 heterocycles. The molecule has 0 bridgehead atoms. The zero-order chi connectivity index (χ0) is 19.9. The Morgan fingerprint density at radius 3 is 2.96 bits per heavy atom. The standard InChI is InChI=1S/C20H30N4O2S/c1-11(18(26)24(4)9-5-8-21)13-6-7-20(3)10-14-16(23-19(22)27-14)12(2)15(20)17(13)25/h11-13,15,17,25H,5-7,9-10H2,1-4H3,(H2,22,23). The molecule has 2 aliphatic carbocycles. The molecule has 7 heteroatoms. The first-order valence-corrected chi connectivity index (χ1v) is 10.6. The summed E-state index contributed by atoms with van der Waals surface area (Å²) in [5.74, 6) is -0.115. The van der Waals surface area contributed by atoms with E-state index in [-0.39, 0.29) is 35.0 Å². The summed E-state index contributed by atoms with van der Waals surface area (Å²) in [6.07, 6.45) is 2.51. The fourth-order valence-corrected chi connectivity index (χ4v) is 6.56. The van der Waals surface area contributed by atoms with E-state index in [1.54, 1.807) is 23.3 Å². The Morgan fingerprint density at radius 1 is 1.59 bits per heavy atom. The highest BCUT2D eigenvalue weighted by molar-refractivity contribution is 7.15. The van der Waals surface area contributed by atoms with E-state index >= 15 is 0 Å². The van der Waals surface area contributed by atoms with Crippen LogP contribution < -0.4 is 5.73 Å². The maximum Gasteiger partial charge on any atom is 0.225 e. The summed E-state index contributed by atoms with van der Waals surface area (Å²) in [6, 6.07) is 2.08. The minimum Gasteiger partial charge on any atom is -0.392 e. The van der Waals surface area contributed by atoms with Crippen LogP contribution in [0, 0.1) is 34.5 Å². The second-order valence-corrected chi connectivity index (χ2v) is 9.77. The molecular weight excluding hydrogens is 360 g/mol. The van der Waals surface area contributed by atoms with E-state index in [0.29, 0.717) is 18.1 Å². The van der Waals surface area contributed by atoms with Crippen LogP contribution in [-0.2, 0) is 11.2 Å². The maximum absolute atomic E-state index is 12.8. The average molecular weight is 391 g/mol. The third-order valence-corrected chi connectivity index (χ3v) is 7.81. The molecule has 1 saturated carbocycles. The van der Waals surface area contributed by atoms with Crippen molar-refractivity contribution in [3.05, 3.63) is 10.6 Å². The molecule has 0 aromatic carbocycles. The molecule has 2 aliphatic rings. The first-order chi connectivity index (χ1) is 12.7. The van der Waals surface area contributed by atoms with Gasteiger partial charge < -0.3 is 15.7 Å². The summed E-state index contributed by atoms with van der Waals surface area (Å²) < 4.78 is 0. The van der Waals surface area contributed by atoms with Gasteiger partial charge in [0.15, 0.2) is 5.13 Å². The van der Waals surface area contributed by atoms with Gasteiger partial charge in [0.1, 0.15) is 0 Å². The van der Waals surface area contributed by atoms with Crippen LogP contribution in [0.25, 0.3) is 0 Å². The van der Waals surface area contributed by atoms with Crippen molar-refractivity contribution in [2.45, 2.75) is 58.5 Å². The third-order valence-electron chi connectivity index (χ3n) is 6.91. The summed E-state index contributed by atoms with van der Waals surface area (Å²) in [7, 11) is 1.74. The van der Waals surface area contributed by atoms with Crippen molar-refractivity contribution >= 4 is 22.4 Å². The predicted octanol–water partition coefficient (Wildman–Crippen LogP) is 2.79. The molecule has 6 atom stereocenters. The number of amides is 1. The van der Waals surface area contributed by atoms with Crippen LogP contribution in [0.3, 0.4) is 0 Å². The van der Waals surface area contributed by atoms with Crippen LogP contribution in [-0.4, -0.2) is 40.6 Å². The molecule has 1 aromatic heterocycles. The van der Waals surface area contributed by atoms with E-state index in [1.807, 2.05) is 6.92 Å². The van der Waals surface area contributed by atoms with Gasteiger partial charge >= 0.3 is 0 Å². The number of anilines is 1. The number of aliphatic hydroxyl groups excluding tert-OH is 1. The van der Waals surface area contributed by atoms with Gasteiger partial charge in [-0.3, -0.25) is 4.79 Å². The SMILES string of the molecule is CC(C(=O)N(C)CCC#N)C1CCC2(C)Cc3sc(N)nc3C(C)C2C1O. The molecule has 6 unspecified atom stereocenters. The first kappa shape index (κ1) is 20.1. The van der Waals surface area contributed by atoms with Crippen molar-refractivity contribution in [2.24, 2.45) is 23.2 Å². The molecule has 1 fully saturated rings. The van der Waals surface area contributed by atoms with Gasteiger partial charge in [0.25, 0.3) is 0 Å². The number of hydrogen-bond acceptors (Lipinski definition) is 6. The number of nitrogens with zero attached hydrogens (tertiary/aromatic N) is 3. The monoisotopic (exact) mass is 390 g/mol. The first-order valence-electron chi connectivity index (χ1n) is 9.74. The lowest BCUT2D eigenvalue weighted by atomic mass is 9.53. The third kappa shape index (κ3) is 3.45. The quantitative estimate of drug-likeness (QED) is 0.823. The molecule has 27 heavy (non-hydrogen) atoms. The van der Waals surface area contributed by atoms with Crippen LogP contribution in [0.5, 0.6) is 0 Å². The van der Waals surface area contributed by atoms with Crippen LogP contribution in [0.15, 0.2) is 0 Å². The van der Waals surface area contributed by atoms with Gasteiger partial charge in [-0.15, -0.1) is 11.3 Å². The summed E-state index contributed by atoms with van der Waals surface area (Å²) >= 11 is 1.57. The number of aromatic nitrogens is 1. The van der Waals surface area contributed by atoms with E-state index in [4.69, 9.17) is 11.0 Å². The topological polar surface area (TPSA) is 103 Å². The van der Waals surface area contributed by atoms with Gasteiger partial charge in [0.05, 0.1) is 24.3 Å². The zero-order valence-electron chi connectivity index (χ0n) is 16.6. The minimum absolute atomic E-state index is 0.0107. The molecule has 3 rings (SSSR count). The minimum atomic E-state index is -0.543. The lowest BCUT2D eigenvalue weighted by Crippen LogP contribution is -2.53. The van der Waals surface area contributed by atoms with Crippen LogP contribution >= 0.6 is 11.3 Å². The molecule has 0 aliphatic heterocycles. The number of carbonyl (C=O) groups excluding carboxylic acids is 1. The second kappa shape index (κ2) is 7.40. The van der Waals surface area contributed by atoms with Crippen molar-refractivity contribution in [2.75, 3.05) is 19.3 Å². The Kier molecular flexibility index (Phi) is 5.51. The molecule has 0 radical (unpaired) electrons. The molecule has 0 spiro atoms. The highest BCUT2D eigenvalue weighted by Crippen LogP contribution is 2.57. The number of nitrogen functional groups attached to an aromatic ring is 1. The number of aliphatic hydroxyl groups is 1. The Bertz CT molecular complexity index is 758. The van der Waals surface area contributed by atoms with Gasteiger partial charge in [-0.2, -0.15) is 5.26 Å². The van der Waals surface area contributed by atoms with Crippen molar-refractivity contribution in [3.63, 3.8) is 0 Å². The lowest BCUT2D eigenvalue weighted by Gasteiger charge is -2.53. The Hall–Kier alpha value is -1.65. The molecule has 6 nitrogen and oxygen atoms in total. The second-order valence-electron chi connectivity index (χ2n) is 8.66. The van der Waals surface area contributed by atoms with Crippen LogP contribution in [0.4, 0.5) is 5.13 Å². The largest absolute Gasteiger partial charge is 0.392 e. The Balaban J connectivity index is 1.81. The molecule has 3 N–H and O–H groups in total. The Morgan fingerprint density at radius 2 is 2.30 bits per heavy atom. The van der Waals surface area contributed by atoms with E-state index in [9.17, 15) is 9.90 Å². The highest BCUT2D eigenvalue weighted by atomic mass is 32.1. The fourth-order valence-electron chi connectivity index (χ4n) is 5.42. The number of hydrogen-bond donors (Lipinski definition) is 2. The van der Waals surface area contributed by atoms with E-state index in [1.165, 1.54) is 4.88 Å². The zero-order valence-corrected chi connectivity index (χ0v) is 17.4. The molecular formula is C20H30N4O2S. The van der Waals surface area contributed by atoms with Gasteiger partial charge in [-0.25, -0.2) is 4.98 Å². The predicted molar refractivity (Wildman–Crippen MR) is 106 cm³/mol. The van der Waals surface area contributed by atoms with Crippen LogP contribution in [0.1, 0.15) is 56.5 Å². The van der Waals surface area contributed by atoms with Crippen molar-refractivity contribution in [1.29, 1.82) is 5.26 Å². The highest BCUT2D eigenvalue weighted by Gasteiger charge is 2.53. The maximum atomic E-state index is 12.8. The lowest BCUT2D eigenvalue weighted by molar-refractivity contribution is -0.143. The number of nitrogens with two attached hydrogens (primary N) is 1. The van der Waals surface area contributed by atoms with Gasteiger partial charge in [-0.05, 0) is 36.5 Å². The molecule has 0 saturated heterocycles. The fraction of sp³-hybridized carbons (Fsp3) is 0.750. The van der Waals surface area contributed by atoms with E-state index in [0.717, 1.165) is 25.0 Å². The number of thiazole rings is 1. The molecule has 148 valence electrons. The summed E-state index contributed by atoms with van der Waals surface area (Å²) in [6.45, 7) is 6.75. The van der Waals surface area contributed by atoms with Gasteiger partial charge in [-0.1, -0.05) is 20.8 Å². The number of carbonyl (C=O) groups is 1. The van der Waals surface area contributed by atoms with Crippen molar-refractivity contribution < 1.29 is 9.90 Å². The van der Waals surface area contributed by atoms with E-state index < -0.39 is 6.10 Å². The van der Waals surface area contributed by atoms with Gasteiger partial charge in [0, 0.05) is 30.3 Å². The number of fused-ring (bicyclic) bond motifs is 2. The number of rotatable bonds is 4.